The van der Waals surface area contributed by atoms with Crippen LogP contribution in [0.1, 0.15) is 31.7 Å². The number of carbonyl (C=O) groups is 2. The van der Waals surface area contributed by atoms with Crippen LogP contribution in [0.25, 0.3) is 0 Å². The molecule has 3 atom stereocenters. The molecule has 21 heavy (non-hydrogen) atoms. The molecule has 0 saturated heterocycles. The highest BCUT2D eigenvalue weighted by atomic mass is 16.4. The van der Waals surface area contributed by atoms with Gasteiger partial charge in [-0.2, -0.15) is 0 Å². The van der Waals surface area contributed by atoms with E-state index in [9.17, 15) is 14.7 Å². The van der Waals surface area contributed by atoms with Crippen LogP contribution in [0.4, 0.5) is 5.69 Å². The third-order valence-corrected chi connectivity index (χ3v) is 4.19. The quantitative estimate of drug-likeness (QED) is 0.836. The van der Waals surface area contributed by atoms with Crippen LogP contribution in [0.2, 0.25) is 0 Å². The Morgan fingerprint density at radius 1 is 1.38 bits per heavy atom. The number of hydrogen-bond acceptors (Lipinski definition) is 2. The number of carboxylic acid groups (broad SMARTS) is 1. The Kier molecular flexibility index (Phi) is 4.64. The van der Waals surface area contributed by atoms with Crippen LogP contribution in [-0.2, 0) is 9.59 Å². The number of anilines is 1. The number of carbonyl (C=O) groups excluding carboxylic acids is 1. The van der Waals surface area contributed by atoms with Crippen LogP contribution in [0.15, 0.2) is 24.3 Å². The number of carboxylic acids is 1. The molecule has 1 aromatic carbocycles. The van der Waals surface area contributed by atoms with Crippen LogP contribution in [0.5, 0.6) is 0 Å². The van der Waals surface area contributed by atoms with Crippen LogP contribution in [-0.4, -0.2) is 17.0 Å². The molecule has 0 aliphatic heterocycles. The highest BCUT2D eigenvalue weighted by Crippen LogP contribution is 2.39. The molecule has 1 aliphatic carbocycles. The topological polar surface area (TPSA) is 66.4 Å². The van der Waals surface area contributed by atoms with E-state index in [1.807, 2.05) is 6.92 Å². The summed E-state index contributed by atoms with van der Waals surface area (Å²) in [6.45, 7) is 2.03. The highest BCUT2D eigenvalue weighted by Gasteiger charge is 2.42. The first kappa shape index (κ1) is 15.1. The zero-order valence-corrected chi connectivity index (χ0v) is 12.0. The van der Waals surface area contributed by atoms with E-state index in [0.29, 0.717) is 30.0 Å². The first-order valence-corrected chi connectivity index (χ1v) is 7.15. The zero-order chi connectivity index (χ0) is 15.4. The molecule has 0 aromatic heterocycles. The predicted molar refractivity (Wildman–Crippen MR) is 80.6 cm³/mol. The van der Waals surface area contributed by atoms with Gasteiger partial charge in [-0.05, 0) is 37.0 Å². The summed E-state index contributed by atoms with van der Waals surface area (Å²) < 4.78 is 0. The van der Waals surface area contributed by atoms with Gasteiger partial charge in [0.1, 0.15) is 0 Å². The van der Waals surface area contributed by atoms with Gasteiger partial charge in [-0.1, -0.05) is 25.3 Å². The predicted octanol–water partition coefficient (Wildman–Crippen LogP) is 2.74. The minimum absolute atomic E-state index is 0.229. The smallest absolute Gasteiger partial charge is 0.307 e. The average Bonchev–Trinajstić information content (AvgIpc) is 2.92. The number of benzene rings is 1. The molecule has 1 saturated carbocycles. The maximum Gasteiger partial charge on any atom is 0.307 e. The van der Waals surface area contributed by atoms with Crippen LogP contribution < -0.4 is 5.32 Å². The van der Waals surface area contributed by atoms with Gasteiger partial charge < -0.3 is 10.4 Å². The third kappa shape index (κ3) is 3.43. The van der Waals surface area contributed by atoms with Crippen LogP contribution in [0.3, 0.4) is 0 Å². The van der Waals surface area contributed by atoms with Gasteiger partial charge in [-0.3, -0.25) is 9.59 Å². The monoisotopic (exact) mass is 285 g/mol. The molecule has 2 rings (SSSR count). The van der Waals surface area contributed by atoms with E-state index in [4.69, 9.17) is 6.42 Å². The molecule has 110 valence electrons. The average molecular weight is 285 g/mol. The lowest BCUT2D eigenvalue weighted by molar-refractivity contribution is -0.145. The van der Waals surface area contributed by atoms with E-state index in [0.717, 1.165) is 6.42 Å². The van der Waals surface area contributed by atoms with Gasteiger partial charge in [0.25, 0.3) is 0 Å². The molecule has 4 nitrogen and oxygen atoms in total. The van der Waals surface area contributed by atoms with E-state index in [1.165, 1.54) is 0 Å². The maximum atomic E-state index is 12.4. The van der Waals surface area contributed by atoms with Crippen molar-refractivity contribution in [2.45, 2.75) is 26.2 Å². The van der Waals surface area contributed by atoms with Crippen molar-refractivity contribution in [3.63, 3.8) is 0 Å². The Hall–Kier alpha value is -2.28. The molecular formula is C17H19NO3. The second kappa shape index (κ2) is 6.45. The maximum absolute atomic E-state index is 12.4. The molecule has 1 aliphatic rings. The Morgan fingerprint density at radius 2 is 2.10 bits per heavy atom. The van der Waals surface area contributed by atoms with E-state index < -0.39 is 17.8 Å². The summed E-state index contributed by atoms with van der Waals surface area (Å²) in [6.07, 6.45) is 7.44. The SMILES string of the molecule is C#Cc1cccc(NC(=O)C2CC(CC)CC2C(=O)O)c1. The molecule has 1 amide bonds. The number of nitrogens with one attached hydrogen (secondary N) is 1. The fraction of sp³-hybridized carbons (Fsp3) is 0.412. The molecule has 1 aromatic rings. The van der Waals surface area contributed by atoms with Crippen LogP contribution >= 0.6 is 0 Å². The van der Waals surface area contributed by atoms with Gasteiger partial charge in [-0.25, -0.2) is 0 Å². The van der Waals surface area contributed by atoms with Crippen molar-refractivity contribution in [3.05, 3.63) is 29.8 Å². The molecule has 0 bridgehead atoms. The van der Waals surface area contributed by atoms with Crippen molar-refractivity contribution in [1.82, 2.24) is 0 Å². The second-order valence-electron chi connectivity index (χ2n) is 5.51. The molecule has 0 spiro atoms. The second-order valence-corrected chi connectivity index (χ2v) is 5.51. The summed E-state index contributed by atoms with van der Waals surface area (Å²) in [5.74, 6) is 0.635. The number of amides is 1. The molecule has 0 heterocycles. The van der Waals surface area contributed by atoms with E-state index in [2.05, 4.69) is 11.2 Å². The largest absolute Gasteiger partial charge is 0.481 e. The molecule has 4 heteroatoms. The number of hydrogen-bond donors (Lipinski definition) is 2. The number of aliphatic carboxylic acids is 1. The van der Waals surface area contributed by atoms with Crippen molar-refractivity contribution >= 4 is 17.6 Å². The highest BCUT2D eigenvalue weighted by molar-refractivity contribution is 5.95. The van der Waals surface area contributed by atoms with Gasteiger partial charge in [-0.15, -0.1) is 6.42 Å². The summed E-state index contributed by atoms with van der Waals surface area (Å²) in [5.41, 5.74) is 1.29. The van der Waals surface area contributed by atoms with Gasteiger partial charge in [0.05, 0.1) is 11.8 Å². The third-order valence-electron chi connectivity index (χ3n) is 4.19. The fourth-order valence-electron chi connectivity index (χ4n) is 2.96. The molecule has 3 unspecified atom stereocenters. The number of terminal acetylenes is 1. The first-order chi connectivity index (χ1) is 10.0. The lowest BCUT2D eigenvalue weighted by Crippen LogP contribution is -2.30. The summed E-state index contributed by atoms with van der Waals surface area (Å²) >= 11 is 0. The van der Waals surface area contributed by atoms with Crippen LogP contribution in [0, 0.1) is 30.1 Å². The zero-order valence-electron chi connectivity index (χ0n) is 12.0. The summed E-state index contributed by atoms with van der Waals surface area (Å²) in [5, 5.41) is 12.1. The Labute approximate surface area is 124 Å². The Morgan fingerprint density at radius 3 is 2.71 bits per heavy atom. The van der Waals surface area contributed by atoms with Gasteiger partial charge in [0.15, 0.2) is 0 Å². The standard InChI is InChI=1S/C17H19NO3/c1-3-11-6-5-7-13(8-11)18-16(19)14-9-12(4-2)10-15(14)17(20)21/h1,5-8,12,14-15H,4,9-10H2,2H3,(H,18,19)(H,20,21). The van der Waals surface area contributed by atoms with Crippen molar-refractivity contribution < 1.29 is 14.7 Å². The normalized spacial score (nSPS) is 24.3. The van der Waals surface area contributed by atoms with Crippen molar-refractivity contribution in [3.8, 4) is 12.3 Å². The molecule has 0 radical (unpaired) electrons. The molecule has 2 N–H and O–H groups in total. The van der Waals surface area contributed by atoms with Gasteiger partial charge in [0.2, 0.25) is 5.91 Å². The Bertz CT molecular complexity index is 588. The van der Waals surface area contributed by atoms with Gasteiger partial charge >= 0.3 is 5.97 Å². The van der Waals surface area contributed by atoms with E-state index >= 15 is 0 Å². The fourth-order valence-corrected chi connectivity index (χ4v) is 2.96. The lowest BCUT2D eigenvalue weighted by atomic mass is 9.95. The van der Waals surface area contributed by atoms with E-state index in [1.54, 1.807) is 24.3 Å². The van der Waals surface area contributed by atoms with E-state index in [-0.39, 0.29) is 5.91 Å². The lowest BCUT2D eigenvalue weighted by Gasteiger charge is -2.15. The Balaban J connectivity index is 2.11. The van der Waals surface area contributed by atoms with Crippen molar-refractivity contribution in [1.29, 1.82) is 0 Å². The van der Waals surface area contributed by atoms with Crippen molar-refractivity contribution in [2.24, 2.45) is 17.8 Å². The first-order valence-electron chi connectivity index (χ1n) is 7.15. The molecular weight excluding hydrogens is 266 g/mol. The van der Waals surface area contributed by atoms with Crippen molar-refractivity contribution in [2.75, 3.05) is 5.32 Å². The minimum atomic E-state index is -0.886. The number of rotatable bonds is 4. The minimum Gasteiger partial charge on any atom is -0.481 e. The molecule has 1 fully saturated rings. The summed E-state index contributed by atoms with van der Waals surface area (Å²) in [6, 6.07) is 7.00. The summed E-state index contributed by atoms with van der Waals surface area (Å²) in [7, 11) is 0. The summed E-state index contributed by atoms with van der Waals surface area (Å²) in [4.78, 5) is 23.7. The van der Waals surface area contributed by atoms with Gasteiger partial charge in [0, 0.05) is 11.3 Å².